The minimum absolute atomic E-state index is 0.0550. The highest BCUT2D eigenvalue weighted by Gasteiger charge is 2.36. The van der Waals surface area contributed by atoms with Crippen LogP contribution >= 0.6 is 8.53 Å². The van der Waals surface area contributed by atoms with Gasteiger partial charge in [0.2, 0.25) is 5.36 Å². The first-order chi connectivity index (χ1) is 31.4. The Hall–Kier alpha value is -4.33. The lowest BCUT2D eigenvalue weighted by Gasteiger charge is -2.40. The zero-order chi connectivity index (χ0) is 44.4. The first-order valence-corrected chi connectivity index (χ1v) is 25.6. The maximum absolute atomic E-state index is 14.5. The Bertz CT molecular complexity index is 2350. The molecule has 0 saturated carbocycles. The quantitative estimate of drug-likeness (QED) is 0.0192. The van der Waals surface area contributed by atoms with Gasteiger partial charge in [-0.1, -0.05) is 57.9 Å². The van der Waals surface area contributed by atoms with Crippen LogP contribution in [0.5, 0.6) is 11.5 Å². The van der Waals surface area contributed by atoms with E-state index < -0.39 is 14.6 Å². The summed E-state index contributed by atoms with van der Waals surface area (Å²) in [4.78, 5) is 21.2. The smallest absolute Gasteiger partial charge is 0.258 e. The molecule has 11 nitrogen and oxygen atoms in total. The number of aliphatic imine (C=N–C) groups is 1. The van der Waals surface area contributed by atoms with E-state index in [2.05, 4.69) is 63.3 Å². The molecule has 0 aromatic heterocycles. The van der Waals surface area contributed by atoms with Crippen LogP contribution in [0, 0.1) is 17.2 Å². The number of ketones is 1. The van der Waals surface area contributed by atoms with Crippen molar-refractivity contribution in [2.75, 3.05) is 70.5 Å². The van der Waals surface area contributed by atoms with Gasteiger partial charge in [-0.15, -0.1) is 0 Å². The van der Waals surface area contributed by atoms with Gasteiger partial charge in [-0.3, -0.25) is 9.79 Å². The first kappa shape index (κ1) is 46.2. The second kappa shape index (κ2) is 22.2. The van der Waals surface area contributed by atoms with E-state index in [1.165, 1.54) is 44.9 Å². The van der Waals surface area contributed by atoms with Crippen LogP contribution in [-0.2, 0) is 39.5 Å². The molecule has 5 heterocycles. The number of nitriles is 1. The zero-order valence-corrected chi connectivity index (χ0v) is 39.5. The van der Waals surface area contributed by atoms with E-state index in [1.807, 2.05) is 19.1 Å². The number of aryl methyl sites for hydroxylation is 1. The number of anilines is 1. The fourth-order valence-corrected chi connectivity index (χ4v) is 12.2. The predicted molar refractivity (Wildman–Crippen MR) is 254 cm³/mol. The first-order valence-electron chi connectivity index (χ1n) is 24.5. The maximum Gasteiger partial charge on any atom is 0.258 e. The molecule has 0 amide bonds. The van der Waals surface area contributed by atoms with E-state index in [-0.39, 0.29) is 18.3 Å². The van der Waals surface area contributed by atoms with E-state index in [1.54, 1.807) is 0 Å². The van der Waals surface area contributed by atoms with Crippen LogP contribution in [0.1, 0.15) is 136 Å². The summed E-state index contributed by atoms with van der Waals surface area (Å²) in [7, 11) is -1.17. The molecule has 0 N–H and O–H groups in total. The van der Waals surface area contributed by atoms with Crippen LogP contribution in [0.4, 0.5) is 5.69 Å². The molecule has 2 unspecified atom stereocenters. The molecule has 0 spiro atoms. The number of hydrogen-bond donors (Lipinski definition) is 0. The summed E-state index contributed by atoms with van der Waals surface area (Å²) < 4.78 is 29.8. The summed E-state index contributed by atoms with van der Waals surface area (Å²) in [5, 5.41) is 24.2. The van der Waals surface area contributed by atoms with Crippen LogP contribution in [0.25, 0.3) is 17.2 Å². The van der Waals surface area contributed by atoms with Crippen molar-refractivity contribution in [2.24, 2.45) is 10.9 Å². The van der Waals surface area contributed by atoms with Crippen molar-refractivity contribution in [3.63, 3.8) is 0 Å². The Morgan fingerprint density at radius 3 is 2.47 bits per heavy atom. The summed E-state index contributed by atoms with van der Waals surface area (Å²) in [6.45, 7) is 13.9. The lowest BCUT2D eigenvalue weighted by atomic mass is 9.79. The monoisotopic (exact) mass is 889 g/mol. The number of ether oxygens (including phenoxy) is 2. The molecule has 2 atom stereocenters. The zero-order valence-electron chi connectivity index (χ0n) is 38.6. The second-order valence-electron chi connectivity index (χ2n) is 18.1. The number of hydrogen-bond acceptors (Lipinski definition) is 10. The lowest BCUT2D eigenvalue weighted by molar-refractivity contribution is -0.251. The van der Waals surface area contributed by atoms with Crippen LogP contribution in [0.2, 0.25) is 0 Å². The Balaban J connectivity index is 0.913. The molecule has 342 valence electrons. The summed E-state index contributed by atoms with van der Waals surface area (Å²) in [6, 6.07) is 12.7. The molecule has 12 heteroatoms. The Morgan fingerprint density at radius 1 is 0.938 bits per heavy atom. The van der Waals surface area contributed by atoms with Gasteiger partial charge in [-0.05, 0) is 106 Å². The highest BCUT2D eigenvalue weighted by atomic mass is 31.2. The minimum Gasteiger partial charge on any atom is -0.600 e. The molecule has 0 aliphatic carbocycles. The van der Waals surface area contributed by atoms with Crippen molar-refractivity contribution < 1.29 is 28.4 Å². The van der Waals surface area contributed by atoms with Gasteiger partial charge in [0.05, 0.1) is 31.3 Å². The highest BCUT2D eigenvalue weighted by molar-refractivity contribution is 7.44. The van der Waals surface area contributed by atoms with Gasteiger partial charge >= 0.3 is 0 Å². The van der Waals surface area contributed by atoms with Crippen LogP contribution < -0.4 is 29.9 Å². The van der Waals surface area contributed by atoms with Gasteiger partial charge in [-0.25, -0.2) is 9.25 Å². The molecular formula is C52H68N5O6P. The normalized spacial score (nSPS) is 17.0. The number of rotatable bonds is 22. The number of unbranched alkanes of at least 4 members (excludes halogenated alkanes) is 3. The van der Waals surface area contributed by atoms with E-state index in [0.717, 1.165) is 151 Å². The highest BCUT2D eigenvalue weighted by Crippen LogP contribution is 2.52. The number of benzene rings is 3. The van der Waals surface area contributed by atoms with Gasteiger partial charge in [0.15, 0.2) is 5.78 Å². The Morgan fingerprint density at radius 2 is 1.67 bits per heavy atom. The molecule has 0 radical (unpaired) electrons. The third-order valence-corrected chi connectivity index (χ3v) is 15.2. The van der Waals surface area contributed by atoms with Crippen molar-refractivity contribution in [1.82, 2.24) is 9.25 Å². The number of carbonyl (C=O) groups is 1. The molecule has 0 bridgehead atoms. The Kier molecular flexibility index (Phi) is 16.1. The standard InChI is InChI=1S/C52H68N5O6P/c1-4-26-57(27-5-2)64(62-33-16-24-53)61-32-11-7-6-10-25-54-52(59)60-34-23-37(3)49(58)41-19-9-8-18-40(41)46-42-20-13-30-56-31-15-22-44(48(42)56)51-45(46)36-39-35-38-17-12-28-55-29-14-21-43(47(38)55)50(39)63-51/h8-9,18-19,35-37H,4-7,10-17,20-23,25-34H2,1-3H3. The van der Waals surface area contributed by atoms with Crippen molar-refractivity contribution in [3.05, 3.63) is 74.3 Å². The minimum atomic E-state index is -1.17. The average Bonchev–Trinajstić information content (AvgIpc) is 3.31. The van der Waals surface area contributed by atoms with E-state index >= 15 is 0 Å². The van der Waals surface area contributed by atoms with Gasteiger partial charge < -0.3 is 28.5 Å². The molecule has 5 aliphatic rings. The fourth-order valence-electron chi connectivity index (χ4n) is 10.6. The van der Waals surface area contributed by atoms with E-state index in [0.29, 0.717) is 38.2 Å². The summed E-state index contributed by atoms with van der Waals surface area (Å²) >= 11 is 0. The number of carbonyl (C=O) groups excluding carboxylic acids is 1. The third-order valence-electron chi connectivity index (χ3n) is 13.5. The molecule has 64 heavy (non-hydrogen) atoms. The summed E-state index contributed by atoms with van der Waals surface area (Å²) in [5.74, 6) is 1.73. The van der Waals surface area contributed by atoms with Crippen molar-refractivity contribution >= 4 is 32.2 Å². The van der Waals surface area contributed by atoms with E-state index in [9.17, 15) is 9.90 Å². The molecule has 3 aromatic rings. The average molecular weight is 890 g/mol. The fraction of sp³-hybridized carbons (Fsp3) is 0.577. The molecule has 5 aliphatic heterocycles. The molecular weight excluding hydrogens is 822 g/mol. The number of fused-ring (bicyclic) bond motifs is 4. The maximum atomic E-state index is 14.5. The number of Topliss-reactive ketones (excluding diaryl/α,β-unsaturated/α-hetero) is 1. The largest absolute Gasteiger partial charge is 0.600 e. The van der Waals surface area contributed by atoms with Crippen LogP contribution in [0.15, 0.2) is 35.3 Å². The predicted octanol–water partition coefficient (Wildman–Crippen LogP) is 8.17. The van der Waals surface area contributed by atoms with Gasteiger partial charge in [0.25, 0.3) is 8.53 Å². The van der Waals surface area contributed by atoms with Gasteiger partial charge in [-0.2, -0.15) is 5.26 Å². The third kappa shape index (κ3) is 10.2. The van der Waals surface area contributed by atoms with Crippen LogP contribution in [0.3, 0.4) is 0 Å². The van der Waals surface area contributed by atoms with Crippen molar-refractivity contribution in [2.45, 2.75) is 124 Å². The molecule has 3 aromatic carbocycles. The molecule has 0 fully saturated rings. The van der Waals surface area contributed by atoms with E-state index in [4.69, 9.17) is 23.8 Å². The summed E-state index contributed by atoms with van der Waals surface area (Å²) in [6.07, 6.45) is 16.8. The lowest BCUT2D eigenvalue weighted by Crippen LogP contribution is -2.45. The molecule has 8 rings (SSSR count). The summed E-state index contributed by atoms with van der Waals surface area (Å²) in [5.41, 5.74) is 10.8. The number of nitrogens with zero attached hydrogens (tertiary/aromatic N) is 5. The molecule has 0 saturated heterocycles. The van der Waals surface area contributed by atoms with Crippen molar-refractivity contribution in [1.29, 1.82) is 5.26 Å². The SMILES string of the molecule is CCCN(CCC)P(OCCC#N)OCCCCCCN=C([O-])OCCC(C)C(=O)c1ccccc1-c1c2c(c3c4c1CCCN4CCC3)Oc1c3c4c(cc1=C2)CCC[N+]=4CCC3. The topological polar surface area (TPSA) is 123 Å². The Labute approximate surface area is 381 Å². The van der Waals surface area contributed by atoms with Gasteiger partial charge in [0, 0.05) is 84.6 Å². The van der Waals surface area contributed by atoms with Crippen molar-refractivity contribution in [3.8, 4) is 28.7 Å². The van der Waals surface area contributed by atoms with Gasteiger partial charge in [0.1, 0.15) is 30.7 Å². The second-order valence-corrected chi connectivity index (χ2v) is 19.7. The van der Waals surface area contributed by atoms with Crippen LogP contribution in [-0.4, -0.2) is 82.2 Å².